The molecule has 0 bridgehead atoms. The molecule has 6 heteroatoms. The maximum Gasteiger partial charge on any atom is 0.341 e. The fraction of sp³-hybridized carbons (Fsp3) is 0.583. The summed E-state index contributed by atoms with van der Waals surface area (Å²) in [5, 5.41) is 21.5. The van der Waals surface area contributed by atoms with E-state index in [1.807, 2.05) is 0 Å². The molecule has 1 heterocycles. The van der Waals surface area contributed by atoms with Crippen molar-refractivity contribution in [3.63, 3.8) is 0 Å². The smallest absolute Gasteiger partial charge is 0.341 e. The first-order chi connectivity index (χ1) is 8.67. The van der Waals surface area contributed by atoms with Gasteiger partial charge >= 0.3 is 5.97 Å². The highest BCUT2D eigenvalue weighted by atomic mass is 16.4. The third-order valence-corrected chi connectivity index (χ3v) is 3.57. The monoisotopic (exact) mass is 251 g/mol. The van der Waals surface area contributed by atoms with Gasteiger partial charge in [0.2, 0.25) is 0 Å². The highest BCUT2D eigenvalue weighted by Gasteiger charge is 2.33. The van der Waals surface area contributed by atoms with Crippen LogP contribution in [-0.2, 0) is 0 Å². The van der Waals surface area contributed by atoms with Gasteiger partial charge in [-0.25, -0.2) is 14.8 Å². The molecule has 0 saturated heterocycles. The number of carbonyl (C=O) groups is 1. The first-order valence-corrected chi connectivity index (χ1v) is 6.05. The van der Waals surface area contributed by atoms with Crippen LogP contribution in [0, 0.1) is 5.41 Å². The van der Waals surface area contributed by atoms with Crippen LogP contribution in [0.25, 0.3) is 0 Å². The number of aromatic nitrogens is 2. The van der Waals surface area contributed by atoms with Crippen molar-refractivity contribution in [2.75, 3.05) is 18.5 Å². The van der Waals surface area contributed by atoms with Crippen LogP contribution in [0.15, 0.2) is 12.5 Å². The van der Waals surface area contributed by atoms with Crippen molar-refractivity contribution in [2.24, 2.45) is 5.41 Å². The van der Waals surface area contributed by atoms with E-state index in [-0.39, 0.29) is 17.6 Å². The first-order valence-electron chi connectivity index (χ1n) is 6.05. The number of rotatable bonds is 5. The predicted molar refractivity (Wildman–Crippen MR) is 65.5 cm³/mol. The average Bonchev–Trinajstić information content (AvgIpc) is 2.86. The zero-order valence-corrected chi connectivity index (χ0v) is 10.1. The van der Waals surface area contributed by atoms with Crippen molar-refractivity contribution in [3.8, 4) is 0 Å². The molecule has 18 heavy (non-hydrogen) atoms. The highest BCUT2D eigenvalue weighted by molar-refractivity contribution is 5.92. The number of nitrogens with one attached hydrogen (secondary N) is 1. The molecular formula is C12H17N3O3. The Balaban J connectivity index is 2.08. The lowest BCUT2D eigenvalue weighted by Gasteiger charge is -2.27. The SMILES string of the molecule is O=C(O)c1cncnc1NCC1(CO)CCCC1. The number of hydrogen-bond acceptors (Lipinski definition) is 5. The summed E-state index contributed by atoms with van der Waals surface area (Å²) in [4.78, 5) is 18.6. The maximum atomic E-state index is 11.0. The molecule has 0 atom stereocenters. The lowest BCUT2D eigenvalue weighted by Crippen LogP contribution is -2.31. The zero-order valence-electron chi connectivity index (χ0n) is 10.1. The third kappa shape index (κ3) is 2.59. The largest absolute Gasteiger partial charge is 0.477 e. The van der Waals surface area contributed by atoms with Crippen LogP contribution >= 0.6 is 0 Å². The number of carboxylic acids is 1. The van der Waals surface area contributed by atoms with Crippen LogP contribution in [-0.4, -0.2) is 39.3 Å². The van der Waals surface area contributed by atoms with Crippen LogP contribution in [0.5, 0.6) is 0 Å². The summed E-state index contributed by atoms with van der Waals surface area (Å²) >= 11 is 0. The molecule has 1 aromatic rings. The molecule has 0 unspecified atom stereocenters. The number of anilines is 1. The Morgan fingerprint density at radius 1 is 1.44 bits per heavy atom. The summed E-state index contributed by atoms with van der Waals surface area (Å²) in [5.41, 5.74) is -0.0793. The quantitative estimate of drug-likeness (QED) is 0.726. The van der Waals surface area contributed by atoms with Crippen LogP contribution in [0.3, 0.4) is 0 Å². The van der Waals surface area contributed by atoms with Gasteiger partial charge in [-0.1, -0.05) is 12.8 Å². The van der Waals surface area contributed by atoms with E-state index in [4.69, 9.17) is 5.11 Å². The Morgan fingerprint density at radius 3 is 2.78 bits per heavy atom. The summed E-state index contributed by atoms with van der Waals surface area (Å²) in [7, 11) is 0. The van der Waals surface area contributed by atoms with Crippen LogP contribution in [0.2, 0.25) is 0 Å². The minimum Gasteiger partial charge on any atom is -0.477 e. The molecule has 6 nitrogen and oxygen atoms in total. The van der Waals surface area contributed by atoms with Gasteiger partial charge in [0.15, 0.2) is 0 Å². The molecule has 0 spiro atoms. The minimum atomic E-state index is -1.05. The topological polar surface area (TPSA) is 95.3 Å². The van der Waals surface area contributed by atoms with Gasteiger partial charge in [0.25, 0.3) is 0 Å². The maximum absolute atomic E-state index is 11.0. The number of nitrogens with zero attached hydrogens (tertiary/aromatic N) is 2. The summed E-state index contributed by atoms with van der Waals surface area (Å²) in [6.45, 7) is 0.661. The molecule has 0 amide bonds. The van der Waals surface area contributed by atoms with E-state index in [0.29, 0.717) is 12.4 Å². The van der Waals surface area contributed by atoms with E-state index in [1.54, 1.807) is 0 Å². The number of aliphatic hydroxyl groups excluding tert-OH is 1. The van der Waals surface area contributed by atoms with Crippen LogP contribution < -0.4 is 5.32 Å². The molecule has 0 aliphatic heterocycles. The second-order valence-corrected chi connectivity index (χ2v) is 4.81. The van der Waals surface area contributed by atoms with Gasteiger partial charge in [-0.3, -0.25) is 0 Å². The van der Waals surface area contributed by atoms with Gasteiger partial charge in [-0.15, -0.1) is 0 Å². The van der Waals surface area contributed by atoms with E-state index in [2.05, 4.69) is 15.3 Å². The van der Waals surface area contributed by atoms with E-state index in [0.717, 1.165) is 25.7 Å². The van der Waals surface area contributed by atoms with Gasteiger partial charge in [-0.2, -0.15) is 0 Å². The van der Waals surface area contributed by atoms with Gasteiger partial charge in [-0.05, 0) is 12.8 Å². The molecule has 98 valence electrons. The van der Waals surface area contributed by atoms with Gasteiger partial charge in [0.05, 0.1) is 6.61 Å². The molecule has 1 fully saturated rings. The Kier molecular flexibility index (Phi) is 3.76. The molecular weight excluding hydrogens is 234 g/mol. The Bertz CT molecular complexity index is 430. The van der Waals surface area contributed by atoms with Crippen LogP contribution in [0.4, 0.5) is 5.82 Å². The molecule has 0 radical (unpaired) electrons. The lowest BCUT2D eigenvalue weighted by molar-refractivity contribution is 0.0697. The second-order valence-electron chi connectivity index (χ2n) is 4.81. The number of carboxylic acid groups (broad SMARTS) is 1. The summed E-state index contributed by atoms with van der Waals surface area (Å²) in [5.74, 6) is -0.736. The normalized spacial score (nSPS) is 17.6. The summed E-state index contributed by atoms with van der Waals surface area (Å²) in [6.07, 6.45) is 6.73. The predicted octanol–water partition coefficient (Wildman–Crippen LogP) is 1.14. The molecule has 0 aromatic carbocycles. The van der Waals surface area contributed by atoms with Crippen molar-refractivity contribution in [1.82, 2.24) is 9.97 Å². The van der Waals surface area contributed by atoms with E-state index < -0.39 is 5.97 Å². The molecule has 1 aliphatic rings. The fourth-order valence-electron chi connectivity index (χ4n) is 2.41. The van der Waals surface area contributed by atoms with E-state index >= 15 is 0 Å². The molecule has 3 N–H and O–H groups in total. The number of aliphatic hydroxyl groups is 1. The molecule has 1 aliphatic carbocycles. The molecule has 2 rings (SSSR count). The van der Waals surface area contributed by atoms with Crippen molar-refractivity contribution < 1.29 is 15.0 Å². The number of hydrogen-bond donors (Lipinski definition) is 3. The summed E-state index contributed by atoms with van der Waals surface area (Å²) in [6, 6.07) is 0. The summed E-state index contributed by atoms with van der Waals surface area (Å²) < 4.78 is 0. The van der Waals surface area contributed by atoms with E-state index in [1.165, 1.54) is 12.5 Å². The molecule has 1 saturated carbocycles. The highest BCUT2D eigenvalue weighted by Crippen LogP contribution is 2.37. The Hall–Kier alpha value is -1.69. The fourth-order valence-corrected chi connectivity index (χ4v) is 2.41. The standard InChI is InChI=1S/C12H17N3O3/c16-7-12(3-1-2-4-12)6-14-10-9(11(17)18)5-13-8-15-10/h5,8,16H,1-4,6-7H2,(H,17,18)(H,13,14,15). The van der Waals surface area contributed by atoms with Crippen molar-refractivity contribution in [1.29, 1.82) is 0 Å². The third-order valence-electron chi connectivity index (χ3n) is 3.57. The van der Waals surface area contributed by atoms with Gasteiger partial charge < -0.3 is 15.5 Å². The van der Waals surface area contributed by atoms with Gasteiger partial charge in [0.1, 0.15) is 17.7 Å². The zero-order chi connectivity index (χ0) is 13.0. The van der Waals surface area contributed by atoms with Gasteiger partial charge in [0, 0.05) is 18.2 Å². The van der Waals surface area contributed by atoms with Crippen LogP contribution in [0.1, 0.15) is 36.0 Å². The molecule has 1 aromatic heterocycles. The number of aromatic carboxylic acids is 1. The Morgan fingerprint density at radius 2 is 2.17 bits per heavy atom. The Labute approximate surface area is 105 Å². The minimum absolute atomic E-state index is 0.0589. The van der Waals surface area contributed by atoms with E-state index in [9.17, 15) is 9.90 Å². The van der Waals surface area contributed by atoms with Crippen molar-refractivity contribution >= 4 is 11.8 Å². The van der Waals surface area contributed by atoms with Crippen molar-refractivity contribution in [2.45, 2.75) is 25.7 Å². The second kappa shape index (κ2) is 5.30. The average molecular weight is 251 g/mol. The van der Waals surface area contributed by atoms with Crippen molar-refractivity contribution in [3.05, 3.63) is 18.1 Å². The first kappa shape index (κ1) is 12.8. The lowest BCUT2D eigenvalue weighted by atomic mass is 9.87.